The summed E-state index contributed by atoms with van der Waals surface area (Å²) in [5.41, 5.74) is 2.53. The number of sulfonamides is 1. The molecule has 2 aromatic rings. The molecule has 1 heterocycles. The van der Waals surface area contributed by atoms with E-state index in [-0.39, 0.29) is 17.2 Å². The fourth-order valence-corrected chi connectivity index (χ4v) is 3.97. The van der Waals surface area contributed by atoms with Crippen molar-refractivity contribution < 1.29 is 18.3 Å². The van der Waals surface area contributed by atoms with Crippen LogP contribution >= 0.6 is 0 Å². The van der Waals surface area contributed by atoms with Crippen LogP contribution in [0.5, 0.6) is 0 Å². The number of fused-ring (bicyclic) bond motifs is 1. The van der Waals surface area contributed by atoms with E-state index in [1.165, 1.54) is 13.1 Å². The van der Waals surface area contributed by atoms with E-state index in [0.717, 1.165) is 16.8 Å². The predicted molar refractivity (Wildman–Crippen MR) is 99.5 cm³/mol. The molecule has 0 bridgehead atoms. The molecule has 138 valence electrons. The highest BCUT2D eigenvalue weighted by Gasteiger charge is 2.27. The molecule has 7 heteroatoms. The maximum atomic E-state index is 12.6. The Hall–Kier alpha value is -2.22. The van der Waals surface area contributed by atoms with Crippen LogP contribution in [0.2, 0.25) is 0 Å². The number of hydrogen-bond donors (Lipinski definition) is 2. The molecule has 0 aromatic heterocycles. The molecule has 0 aliphatic carbocycles. The predicted octanol–water partition coefficient (Wildman–Crippen LogP) is 1.48. The summed E-state index contributed by atoms with van der Waals surface area (Å²) in [5.74, 6) is -0.156. The first-order valence-corrected chi connectivity index (χ1v) is 9.98. The molecule has 0 radical (unpaired) electrons. The number of rotatable bonds is 6. The lowest BCUT2D eigenvalue weighted by Gasteiger charge is -2.19. The lowest BCUT2D eigenvalue weighted by Crippen LogP contribution is -2.32. The number of aliphatic hydroxyl groups is 1. The number of nitrogens with one attached hydrogen (secondary N) is 1. The van der Waals surface area contributed by atoms with Gasteiger partial charge in [-0.2, -0.15) is 0 Å². The van der Waals surface area contributed by atoms with Crippen LogP contribution in [0.3, 0.4) is 0 Å². The molecule has 2 N–H and O–H groups in total. The molecule has 0 unspecified atom stereocenters. The van der Waals surface area contributed by atoms with E-state index >= 15 is 0 Å². The van der Waals surface area contributed by atoms with E-state index in [1.807, 2.05) is 30.3 Å². The third-order valence-corrected chi connectivity index (χ3v) is 5.96. The van der Waals surface area contributed by atoms with Crippen LogP contribution in [0.25, 0.3) is 0 Å². The van der Waals surface area contributed by atoms with E-state index in [2.05, 4.69) is 4.72 Å². The van der Waals surface area contributed by atoms with Crippen molar-refractivity contribution in [3.05, 3.63) is 59.7 Å². The van der Waals surface area contributed by atoms with Crippen LogP contribution < -0.4 is 9.62 Å². The maximum Gasteiger partial charge on any atom is 0.240 e. The summed E-state index contributed by atoms with van der Waals surface area (Å²) in [7, 11) is -2.14. The molecule has 1 aliphatic rings. The molecule has 2 aromatic carbocycles. The minimum absolute atomic E-state index is 0.0326. The van der Waals surface area contributed by atoms with Gasteiger partial charge in [-0.1, -0.05) is 30.3 Å². The van der Waals surface area contributed by atoms with Crippen molar-refractivity contribution in [2.24, 2.45) is 0 Å². The molecule has 6 nitrogen and oxygen atoms in total. The van der Waals surface area contributed by atoms with Crippen LogP contribution in [-0.4, -0.2) is 39.1 Å². The van der Waals surface area contributed by atoms with Gasteiger partial charge in [-0.15, -0.1) is 0 Å². The van der Waals surface area contributed by atoms with Gasteiger partial charge in [0.1, 0.15) is 0 Å². The number of nitrogens with zero attached hydrogens (tertiary/aromatic N) is 1. The topological polar surface area (TPSA) is 86.7 Å². The third kappa shape index (κ3) is 3.95. The van der Waals surface area contributed by atoms with Gasteiger partial charge < -0.3 is 10.0 Å². The molecule has 3 rings (SSSR count). The summed E-state index contributed by atoms with van der Waals surface area (Å²) in [5, 5.41) is 10.2. The van der Waals surface area contributed by atoms with Gasteiger partial charge in [0.25, 0.3) is 0 Å². The van der Waals surface area contributed by atoms with Crippen molar-refractivity contribution in [2.75, 3.05) is 18.5 Å². The molecule has 1 amide bonds. The first kappa shape index (κ1) is 18.6. The second kappa shape index (κ2) is 7.57. The summed E-state index contributed by atoms with van der Waals surface area (Å²) in [6, 6.07) is 14.3. The van der Waals surface area contributed by atoms with E-state index in [0.29, 0.717) is 19.4 Å². The minimum atomic E-state index is -3.50. The normalized spacial score (nSPS) is 14.9. The van der Waals surface area contributed by atoms with Crippen molar-refractivity contribution in [1.82, 2.24) is 4.72 Å². The molecule has 0 saturated heterocycles. The lowest BCUT2D eigenvalue weighted by molar-refractivity contribution is -0.120. The third-order valence-electron chi connectivity index (χ3n) is 4.55. The Morgan fingerprint density at radius 3 is 2.65 bits per heavy atom. The van der Waals surface area contributed by atoms with Crippen molar-refractivity contribution >= 4 is 21.6 Å². The number of anilines is 1. The van der Waals surface area contributed by atoms with E-state index in [1.54, 1.807) is 17.0 Å². The molecule has 0 saturated carbocycles. The van der Waals surface area contributed by atoms with Crippen LogP contribution in [0.15, 0.2) is 53.4 Å². The second-order valence-corrected chi connectivity index (χ2v) is 8.23. The summed E-state index contributed by atoms with van der Waals surface area (Å²) in [6.45, 7) is 0.495. The number of aliphatic hydroxyl groups excluding tert-OH is 1. The Labute approximate surface area is 153 Å². The molecular formula is C19H22N2O4S. The Balaban J connectivity index is 1.69. The van der Waals surface area contributed by atoms with Gasteiger partial charge in [0.2, 0.25) is 15.9 Å². The first-order chi connectivity index (χ1) is 12.4. The van der Waals surface area contributed by atoms with Crippen molar-refractivity contribution in [3.63, 3.8) is 0 Å². The zero-order valence-electron chi connectivity index (χ0n) is 14.6. The molecular weight excluding hydrogens is 352 g/mol. The van der Waals surface area contributed by atoms with E-state index in [9.17, 15) is 18.3 Å². The molecule has 0 spiro atoms. The van der Waals surface area contributed by atoms with Gasteiger partial charge in [-0.3, -0.25) is 4.79 Å². The van der Waals surface area contributed by atoms with Crippen LogP contribution in [0.1, 0.15) is 17.5 Å². The number of amides is 1. The molecule has 1 atom stereocenters. The number of benzene rings is 2. The quantitative estimate of drug-likeness (QED) is 0.802. The molecule has 0 fully saturated rings. The summed E-state index contributed by atoms with van der Waals surface area (Å²) >= 11 is 0. The SMILES string of the molecule is CNS(=O)(=O)c1ccc2c(c1)CCN2C(=O)C[C@@H](O)Cc1ccccc1. The Bertz CT molecular complexity index is 897. The fraction of sp³-hybridized carbons (Fsp3) is 0.316. The monoisotopic (exact) mass is 374 g/mol. The van der Waals surface area contributed by atoms with Gasteiger partial charge >= 0.3 is 0 Å². The lowest BCUT2D eigenvalue weighted by atomic mass is 10.1. The van der Waals surface area contributed by atoms with Gasteiger partial charge in [0.15, 0.2) is 0 Å². The largest absolute Gasteiger partial charge is 0.392 e. The smallest absolute Gasteiger partial charge is 0.240 e. The van der Waals surface area contributed by atoms with Crippen molar-refractivity contribution in [1.29, 1.82) is 0 Å². The fourth-order valence-electron chi connectivity index (χ4n) is 3.19. The van der Waals surface area contributed by atoms with Gasteiger partial charge in [0, 0.05) is 12.2 Å². The first-order valence-electron chi connectivity index (χ1n) is 8.49. The number of carbonyl (C=O) groups is 1. The van der Waals surface area contributed by atoms with Crippen LogP contribution in [-0.2, 0) is 27.7 Å². The molecule has 1 aliphatic heterocycles. The Morgan fingerprint density at radius 1 is 1.23 bits per heavy atom. The summed E-state index contributed by atoms with van der Waals surface area (Å²) < 4.78 is 26.1. The zero-order valence-corrected chi connectivity index (χ0v) is 15.4. The van der Waals surface area contributed by atoms with Crippen molar-refractivity contribution in [3.8, 4) is 0 Å². The highest BCUT2D eigenvalue weighted by Crippen LogP contribution is 2.30. The van der Waals surface area contributed by atoms with Gasteiger partial charge in [-0.05, 0) is 49.2 Å². The van der Waals surface area contributed by atoms with E-state index < -0.39 is 16.1 Å². The van der Waals surface area contributed by atoms with Gasteiger partial charge in [-0.25, -0.2) is 13.1 Å². The Morgan fingerprint density at radius 2 is 1.96 bits per heavy atom. The standard InChI is InChI=1S/C19H22N2O4S/c1-20-26(24,25)17-7-8-18-15(12-17)9-10-21(18)19(23)13-16(22)11-14-5-3-2-4-6-14/h2-8,12,16,20,22H,9-11,13H2,1H3/t16-/m0/s1. The average Bonchev–Trinajstić information content (AvgIpc) is 3.05. The summed E-state index contributed by atoms with van der Waals surface area (Å²) in [4.78, 5) is 14.4. The maximum absolute atomic E-state index is 12.6. The summed E-state index contributed by atoms with van der Waals surface area (Å²) in [6.07, 6.45) is 0.304. The van der Waals surface area contributed by atoms with Crippen molar-refractivity contribution in [2.45, 2.75) is 30.3 Å². The van der Waals surface area contributed by atoms with Crippen LogP contribution in [0, 0.1) is 0 Å². The highest BCUT2D eigenvalue weighted by molar-refractivity contribution is 7.89. The average molecular weight is 374 g/mol. The zero-order chi connectivity index (χ0) is 18.7. The van der Waals surface area contributed by atoms with Gasteiger partial charge in [0.05, 0.1) is 17.4 Å². The van der Waals surface area contributed by atoms with E-state index in [4.69, 9.17) is 0 Å². The Kier molecular flexibility index (Phi) is 5.41. The van der Waals surface area contributed by atoms with Crippen LogP contribution in [0.4, 0.5) is 5.69 Å². The molecule has 26 heavy (non-hydrogen) atoms. The minimum Gasteiger partial charge on any atom is -0.392 e. The second-order valence-electron chi connectivity index (χ2n) is 6.34. The number of carbonyl (C=O) groups excluding carboxylic acids is 1. The highest BCUT2D eigenvalue weighted by atomic mass is 32.2. The number of hydrogen-bond acceptors (Lipinski definition) is 4.